The van der Waals surface area contributed by atoms with Crippen LogP contribution < -0.4 is 5.32 Å². The van der Waals surface area contributed by atoms with E-state index in [-0.39, 0.29) is 11.8 Å². The van der Waals surface area contributed by atoms with Crippen molar-refractivity contribution in [2.24, 2.45) is 0 Å². The Morgan fingerprint density at radius 2 is 1.17 bits per heavy atom. The summed E-state index contributed by atoms with van der Waals surface area (Å²) >= 11 is 0. The summed E-state index contributed by atoms with van der Waals surface area (Å²) in [5.74, 6) is -0.693. The number of carbonyl (C=O) groups excluding carboxylic acids is 2. The molecule has 0 radical (unpaired) electrons. The van der Waals surface area contributed by atoms with E-state index in [9.17, 15) is 9.59 Å². The summed E-state index contributed by atoms with van der Waals surface area (Å²) in [5.41, 5.74) is 4.49. The molecule has 6 nitrogen and oxygen atoms in total. The molecule has 0 spiro atoms. The zero-order valence-electron chi connectivity index (χ0n) is 16.2. The molecule has 148 valence electrons. The van der Waals surface area contributed by atoms with Gasteiger partial charge in [0.25, 0.3) is 11.8 Å². The second-order valence-corrected chi connectivity index (χ2v) is 7.65. The van der Waals surface area contributed by atoms with Crippen LogP contribution in [-0.2, 0) is 27.4 Å². The standard InChI is InChI=1S/C24H19N3O3/c28-23-21-17-13-26(19-7-3-1-5-15(17)19)9-11-30-12-10-27-14-18(22(21)24(29)25-23)16-6-2-4-8-20(16)27/h1-8,13-14H,9-12H2,(H,25,28,29). The van der Waals surface area contributed by atoms with Crippen molar-refractivity contribution in [1.29, 1.82) is 0 Å². The smallest absolute Gasteiger partial charge is 0.259 e. The van der Waals surface area contributed by atoms with Gasteiger partial charge in [-0.3, -0.25) is 14.9 Å². The fraction of sp³-hybridized carbons (Fsp3) is 0.167. The summed E-state index contributed by atoms with van der Waals surface area (Å²) < 4.78 is 10.1. The Hall–Kier alpha value is -3.64. The minimum absolute atomic E-state index is 0.346. The van der Waals surface area contributed by atoms with Crippen molar-refractivity contribution in [3.05, 3.63) is 72.1 Å². The maximum absolute atomic E-state index is 13.0. The quantitative estimate of drug-likeness (QED) is 0.464. The number of rotatable bonds is 0. The number of fused-ring (bicyclic) bond motifs is 12. The Morgan fingerprint density at radius 3 is 1.67 bits per heavy atom. The molecule has 4 aromatic rings. The van der Waals surface area contributed by atoms with Gasteiger partial charge in [0.1, 0.15) is 0 Å². The first-order valence-corrected chi connectivity index (χ1v) is 10.1. The van der Waals surface area contributed by atoms with Crippen LogP contribution in [0.3, 0.4) is 0 Å². The number of nitrogens with zero attached hydrogens (tertiary/aromatic N) is 2. The summed E-state index contributed by atoms with van der Waals surface area (Å²) in [6.07, 6.45) is 3.94. The van der Waals surface area contributed by atoms with E-state index in [0.29, 0.717) is 37.4 Å². The molecule has 2 aliphatic rings. The van der Waals surface area contributed by atoms with Crippen molar-refractivity contribution < 1.29 is 14.3 Å². The summed E-state index contributed by atoms with van der Waals surface area (Å²) in [4.78, 5) is 25.9. The molecular formula is C24H19N3O3. The van der Waals surface area contributed by atoms with Gasteiger partial charge < -0.3 is 13.9 Å². The van der Waals surface area contributed by atoms with Crippen LogP contribution in [0.2, 0.25) is 0 Å². The summed E-state index contributed by atoms with van der Waals surface area (Å²) in [6.45, 7) is 2.49. The van der Waals surface area contributed by atoms with Crippen molar-refractivity contribution in [3.63, 3.8) is 0 Å². The average Bonchev–Trinajstić information content (AvgIpc) is 3.39. The minimum atomic E-state index is -0.346. The zero-order chi connectivity index (χ0) is 20.2. The Labute approximate surface area is 172 Å². The number of aromatic nitrogens is 2. The third-order valence-corrected chi connectivity index (χ3v) is 6.00. The van der Waals surface area contributed by atoms with Crippen LogP contribution >= 0.6 is 0 Å². The first kappa shape index (κ1) is 17.2. The average molecular weight is 397 g/mol. The Kier molecular flexibility index (Phi) is 3.70. The molecule has 2 aromatic heterocycles. The highest BCUT2D eigenvalue weighted by atomic mass is 16.5. The summed E-state index contributed by atoms with van der Waals surface area (Å²) in [6, 6.07) is 15.9. The molecule has 0 saturated carbocycles. The lowest BCUT2D eigenvalue weighted by Gasteiger charge is -2.08. The topological polar surface area (TPSA) is 65.3 Å². The lowest BCUT2D eigenvalue weighted by Crippen LogP contribution is -2.22. The van der Waals surface area contributed by atoms with Gasteiger partial charge in [0.15, 0.2) is 0 Å². The molecule has 0 fully saturated rings. The molecule has 30 heavy (non-hydrogen) atoms. The fourth-order valence-electron chi connectivity index (χ4n) is 4.66. The molecule has 2 aromatic carbocycles. The van der Waals surface area contributed by atoms with Gasteiger partial charge in [0.05, 0.1) is 24.4 Å². The number of benzene rings is 2. The monoisotopic (exact) mass is 397 g/mol. The third-order valence-electron chi connectivity index (χ3n) is 6.00. The van der Waals surface area contributed by atoms with Gasteiger partial charge in [0.2, 0.25) is 0 Å². The molecular weight excluding hydrogens is 378 g/mol. The molecule has 0 atom stereocenters. The van der Waals surface area contributed by atoms with Gasteiger partial charge in [-0.05, 0) is 12.1 Å². The van der Waals surface area contributed by atoms with E-state index in [0.717, 1.165) is 32.9 Å². The molecule has 1 N–H and O–H groups in total. The van der Waals surface area contributed by atoms with E-state index < -0.39 is 0 Å². The number of ether oxygens (including phenoxy) is 1. The molecule has 6 heteroatoms. The van der Waals surface area contributed by atoms with Crippen molar-refractivity contribution in [1.82, 2.24) is 14.5 Å². The first-order chi connectivity index (χ1) is 14.7. The van der Waals surface area contributed by atoms with Crippen LogP contribution in [0.5, 0.6) is 0 Å². The maximum atomic E-state index is 13.0. The molecule has 6 rings (SSSR count). The molecule has 4 bridgehead atoms. The number of amides is 2. The number of hydrogen-bond donors (Lipinski definition) is 1. The second kappa shape index (κ2) is 6.43. The lowest BCUT2D eigenvalue weighted by molar-refractivity contribution is -0.122. The Balaban J connectivity index is 1.73. The highest BCUT2D eigenvalue weighted by Crippen LogP contribution is 2.39. The van der Waals surface area contributed by atoms with Crippen molar-refractivity contribution in [2.75, 3.05) is 13.2 Å². The van der Waals surface area contributed by atoms with E-state index in [2.05, 4.69) is 14.5 Å². The molecule has 2 aliphatic heterocycles. The van der Waals surface area contributed by atoms with Crippen molar-refractivity contribution in [2.45, 2.75) is 13.1 Å². The summed E-state index contributed by atoms with van der Waals surface area (Å²) in [5, 5.41) is 4.44. The summed E-state index contributed by atoms with van der Waals surface area (Å²) in [7, 11) is 0. The number of hydrogen-bond acceptors (Lipinski definition) is 3. The predicted molar refractivity (Wildman–Crippen MR) is 115 cm³/mol. The van der Waals surface area contributed by atoms with E-state index in [4.69, 9.17) is 4.74 Å². The fourth-order valence-corrected chi connectivity index (χ4v) is 4.66. The first-order valence-electron chi connectivity index (χ1n) is 10.1. The number of imide groups is 1. The SMILES string of the molecule is O=C1NC(=O)C2=C1c1cn(c3ccccc13)CCOCCn1cc2c2ccccc21. The van der Waals surface area contributed by atoms with Gasteiger partial charge >= 0.3 is 0 Å². The molecule has 2 amide bonds. The molecule has 4 heterocycles. The molecule has 0 saturated heterocycles. The third kappa shape index (κ3) is 2.40. The lowest BCUT2D eigenvalue weighted by atomic mass is 9.95. The van der Waals surface area contributed by atoms with Crippen LogP contribution in [0.25, 0.3) is 33.0 Å². The van der Waals surface area contributed by atoms with Crippen LogP contribution in [0.15, 0.2) is 60.9 Å². The highest BCUT2D eigenvalue weighted by Gasteiger charge is 2.35. The van der Waals surface area contributed by atoms with E-state index in [1.54, 1.807) is 0 Å². The second-order valence-electron chi connectivity index (χ2n) is 7.65. The zero-order valence-corrected chi connectivity index (χ0v) is 16.2. The highest BCUT2D eigenvalue weighted by molar-refractivity contribution is 6.50. The largest absolute Gasteiger partial charge is 0.378 e. The number of para-hydroxylation sites is 2. The van der Waals surface area contributed by atoms with Crippen LogP contribution in [0.1, 0.15) is 11.1 Å². The van der Waals surface area contributed by atoms with Gasteiger partial charge in [-0.15, -0.1) is 0 Å². The van der Waals surface area contributed by atoms with Gasteiger partial charge in [-0.2, -0.15) is 0 Å². The van der Waals surface area contributed by atoms with Crippen LogP contribution in [0, 0.1) is 0 Å². The predicted octanol–water partition coefficient (Wildman–Crippen LogP) is 3.19. The van der Waals surface area contributed by atoms with Gasteiger partial charge in [0, 0.05) is 58.4 Å². The van der Waals surface area contributed by atoms with E-state index in [1.807, 2.05) is 60.9 Å². The number of nitrogens with one attached hydrogen (secondary N) is 1. The normalized spacial score (nSPS) is 16.9. The Bertz CT molecular complexity index is 1290. The van der Waals surface area contributed by atoms with Gasteiger partial charge in [-0.25, -0.2) is 0 Å². The molecule has 0 unspecified atom stereocenters. The maximum Gasteiger partial charge on any atom is 0.259 e. The van der Waals surface area contributed by atoms with Gasteiger partial charge in [-0.1, -0.05) is 36.4 Å². The van der Waals surface area contributed by atoms with Crippen molar-refractivity contribution in [3.8, 4) is 0 Å². The minimum Gasteiger partial charge on any atom is -0.378 e. The van der Waals surface area contributed by atoms with E-state index >= 15 is 0 Å². The van der Waals surface area contributed by atoms with Crippen molar-refractivity contribution >= 4 is 44.8 Å². The molecule has 0 aliphatic carbocycles. The van der Waals surface area contributed by atoms with Crippen LogP contribution in [0.4, 0.5) is 0 Å². The van der Waals surface area contributed by atoms with Crippen LogP contribution in [-0.4, -0.2) is 34.2 Å². The Morgan fingerprint density at radius 1 is 0.700 bits per heavy atom. The number of carbonyl (C=O) groups is 2. The van der Waals surface area contributed by atoms with E-state index in [1.165, 1.54) is 0 Å².